The van der Waals surface area contributed by atoms with E-state index in [4.69, 9.17) is 14.2 Å². The molecule has 0 N–H and O–H groups in total. The summed E-state index contributed by atoms with van der Waals surface area (Å²) in [5.74, 6) is 1.01. The van der Waals surface area contributed by atoms with Gasteiger partial charge in [0.2, 0.25) is 0 Å². The fraction of sp³-hybridized carbons (Fsp3) is 0.440. The lowest BCUT2D eigenvalue weighted by atomic mass is 10.1. The molecule has 1 fully saturated rings. The van der Waals surface area contributed by atoms with Gasteiger partial charge in [-0.2, -0.15) is 5.10 Å². The number of carbonyl (C=O) groups is 2. The van der Waals surface area contributed by atoms with Crippen molar-refractivity contribution < 1.29 is 23.8 Å². The normalized spacial score (nSPS) is 16.3. The van der Waals surface area contributed by atoms with Crippen LogP contribution in [-0.4, -0.2) is 81.9 Å². The largest absolute Gasteiger partial charge is 0.493 e. The van der Waals surface area contributed by atoms with Crippen molar-refractivity contribution in [2.24, 2.45) is 0 Å². The Morgan fingerprint density at radius 2 is 1.77 bits per heavy atom. The second-order valence-electron chi connectivity index (χ2n) is 9.47. The summed E-state index contributed by atoms with van der Waals surface area (Å²) >= 11 is 0. The molecule has 0 spiro atoms. The molecular weight excluding hydrogens is 450 g/mol. The van der Waals surface area contributed by atoms with Gasteiger partial charge in [-0.05, 0) is 52.0 Å². The molecule has 2 aromatic heterocycles. The van der Waals surface area contributed by atoms with Crippen LogP contribution in [-0.2, 0) is 4.74 Å². The zero-order valence-corrected chi connectivity index (χ0v) is 20.9. The van der Waals surface area contributed by atoms with Gasteiger partial charge < -0.3 is 24.0 Å². The summed E-state index contributed by atoms with van der Waals surface area (Å²) in [5.41, 5.74) is 1.89. The van der Waals surface area contributed by atoms with Crippen LogP contribution in [0.2, 0.25) is 0 Å². The zero-order chi connectivity index (χ0) is 25.3. The Kier molecular flexibility index (Phi) is 6.56. The molecule has 2 amide bonds. The fourth-order valence-electron chi connectivity index (χ4n) is 4.11. The first kappa shape index (κ1) is 24.3. The van der Waals surface area contributed by atoms with E-state index in [1.807, 2.05) is 52.0 Å². The third kappa shape index (κ3) is 5.01. The summed E-state index contributed by atoms with van der Waals surface area (Å²) < 4.78 is 17.9. The van der Waals surface area contributed by atoms with Crippen LogP contribution < -0.4 is 9.47 Å². The summed E-state index contributed by atoms with van der Waals surface area (Å²) in [4.78, 5) is 33.6. The molecule has 1 saturated heterocycles. The standard InChI is InChI=1S/C25H31N5O5/c1-16-15-28(11-12-29(16)24(32)35-25(2,3)4)23(31)18-14-22-26-10-9-19(30(22)27-18)17-7-8-20(33-5)21(13-17)34-6/h7-10,13-14,16H,11-12,15H2,1-6H3/t16-/m1/s1. The molecule has 0 unspecified atom stereocenters. The predicted octanol–water partition coefficient (Wildman–Crippen LogP) is 3.49. The van der Waals surface area contributed by atoms with E-state index in [0.717, 1.165) is 11.3 Å². The highest BCUT2D eigenvalue weighted by Crippen LogP contribution is 2.32. The number of amides is 2. The summed E-state index contributed by atoms with van der Waals surface area (Å²) in [5, 5.41) is 4.58. The first-order valence-corrected chi connectivity index (χ1v) is 11.5. The van der Waals surface area contributed by atoms with Crippen LogP contribution in [0.25, 0.3) is 16.9 Å². The van der Waals surface area contributed by atoms with Gasteiger partial charge >= 0.3 is 6.09 Å². The van der Waals surface area contributed by atoms with Crippen molar-refractivity contribution >= 4 is 17.6 Å². The van der Waals surface area contributed by atoms with Crippen molar-refractivity contribution in [3.05, 3.63) is 42.2 Å². The van der Waals surface area contributed by atoms with E-state index in [0.29, 0.717) is 42.5 Å². The van der Waals surface area contributed by atoms with E-state index in [1.165, 1.54) is 0 Å². The molecule has 1 aliphatic rings. The number of piperazine rings is 1. The average Bonchev–Trinajstić information content (AvgIpc) is 3.26. The number of aromatic nitrogens is 3. The number of hydrogen-bond donors (Lipinski definition) is 0. The lowest BCUT2D eigenvalue weighted by molar-refractivity contribution is 0.00189. The first-order valence-electron chi connectivity index (χ1n) is 11.5. The highest BCUT2D eigenvalue weighted by atomic mass is 16.6. The van der Waals surface area contributed by atoms with Crippen molar-refractivity contribution in [3.63, 3.8) is 0 Å². The average molecular weight is 482 g/mol. The van der Waals surface area contributed by atoms with Crippen LogP contribution in [0, 0.1) is 0 Å². The predicted molar refractivity (Wildman–Crippen MR) is 130 cm³/mol. The van der Waals surface area contributed by atoms with Gasteiger partial charge in [0.1, 0.15) is 5.60 Å². The summed E-state index contributed by atoms with van der Waals surface area (Å²) in [7, 11) is 3.17. The van der Waals surface area contributed by atoms with Gasteiger partial charge in [0, 0.05) is 43.5 Å². The number of rotatable bonds is 4. The Balaban J connectivity index is 1.56. The number of ether oxygens (including phenoxy) is 3. The monoisotopic (exact) mass is 481 g/mol. The maximum absolute atomic E-state index is 13.3. The van der Waals surface area contributed by atoms with Crippen LogP contribution in [0.4, 0.5) is 4.79 Å². The molecule has 0 bridgehead atoms. The highest BCUT2D eigenvalue weighted by molar-refractivity contribution is 5.93. The molecule has 3 aromatic rings. The summed E-state index contributed by atoms with van der Waals surface area (Å²) in [6.07, 6.45) is 1.31. The van der Waals surface area contributed by atoms with Crippen LogP contribution in [0.1, 0.15) is 38.2 Å². The Morgan fingerprint density at radius 1 is 1.03 bits per heavy atom. The van der Waals surface area contributed by atoms with Crippen LogP contribution in [0.15, 0.2) is 36.5 Å². The van der Waals surface area contributed by atoms with Crippen LogP contribution >= 0.6 is 0 Å². The van der Waals surface area contributed by atoms with Crippen molar-refractivity contribution in [2.45, 2.75) is 39.3 Å². The minimum atomic E-state index is -0.571. The molecule has 3 heterocycles. The van der Waals surface area contributed by atoms with E-state index in [2.05, 4.69) is 10.1 Å². The lowest BCUT2D eigenvalue weighted by Gasteiger charge is -2.39. The van der Waals surface area contributed by atoms with E-state index >= 15 is 0 Å². The van der Waals surface area contributed by atoms with Crippen molar-refractivity contribution in [3.8, 4) is 22.8 Å². The molecule has 10 nitrogen and oxygen atoms in total. The molecule has 10 heteroatoms. The van der Waals surface area contributed by atoms with Crippen molar-refractivity contribution in [2.75, 3.05) is 33.9 Å². The molecule has 1 aromatic carbocycles. The quantitative estimate of drug-likeness (QED) is 0.562. The van der Waals surface area contributed by atoms with Crippen molar-refractivity contribution in [1.29, 1.82) is 0 Å². The third-order valence-corrected chi connectivity index (χ3v) is 5.80. The fourth-order valence-corrected chi connectivity index (χ4v) is 4.11. The summed E-state index contributed by atoms with van der Waals surface area (Å²) in [6, 6.07) is 8.90. The molecule has 4 rings (SSSR count). The Morgan fingerprint density at radius 3 is 2.43 bits per heavy atom. The van der Waals surface area contributed by atoms with Crippen LogP contribution in [0.3, 0.4) is 0 Å². The van der Waals surface area contributed by atoms with Gasteiger partial charge in [-0.3, -0.25) is 4.79 Å². The van der Waals surface area contributed by atoms with Gasteiger partial charge in [-0.25, -0.2) is 14.3 Å². The van der Waals surface area contributed by atoms with Gasteiger partial charge in [-0.1, -0.05) is 0 Å². The highest BCUT2D eigenvalue weighted by Gasteiger charge is 2.33. The van der Waals surface area contributed by atoms with Gasteiger partial charge in [0.25, 0.3) is 5.91 Å². The topological polar surface area (TPSA) is 98.5 Å². The molecule has 0 saturated carbocycles. The molecule has 0 radical (unpaired) electrons. The summed E-state index contributed by atoms with van der Waals surface area (Å²) in [6.45, 7) is 8.59. The number of hydrogen-bond acceptors (Lipinski definition) is 7. The van der Waals surface area contributed by atoms with Gasteiger partial charge in [-0.15, -0.1) is 0 Å². The van der Waals surface area contributed by atoms with E-state index < -0.39 is 5.60 Å². The van der Waals surface area contributed by atoms with E-state index in [-0.39, 0.29) is 18.0 Å². The lowest BCUT2D eigenvalue weighted by Crippen LogP contribution is -2.56. The smallest absolute Gasteiger partial charge is 0.410 e. The molecule has 1 aliphatic heterocycles. The Bertz CT molecular complexity index is 1250. The second kappa shape index (κ2) is 9.44. The molecule has 35 heavy (non-hydrogen) atoms. The Labute approximate surface area is 204 Å². The van der Waals surface area contributed by atoms with Crippen molar-refractivity contribution in [1.82, 2.24) is 24.4 Å². The van der Waals surface area contributed by atoms with Gasteiger partial charge in [0.15, 0.2) is 22.8 Å². The number of benzene rings is 1. The van der Waals surface area contributed by atoms with E-state index in [1.54, 1.807) is 40.8 Å². The Hall–Kier alpha value is -3.82. The van der Waals surface area contributed by atoms with Crippen LogP contribution in [0.5, 0.6) is 11.5 Å². The number of fused-ring (bicyclic) bond motifs is 1. The second-order valence-corrected chi connectivity index (χ2v) is 9.47. The molecule has 186 valence electrons. The maximum Gasteiger partial charge on any atom is 0.410 e. The number of methoxy groups -OCH3 is 2. The third-order valence-electron chi connectivity index (χ3n) is 5.80. The minimum absolute atomic E-state index is 0.181. The van der Waals surface area contributed by atoms with E-state index in [9.17, 15) is 9.59 Å². The minimum Gasteiger partial charge on any atom is -0.493 e. The maximum atomic E-state index is 13.3. The molecule has 1 atom stereocenters. The SMILES string of the molecule is COc1ccc(-c2ccnc3cc(C(=O)N4CCN(C(=O)OC(C)(C)C)[C@H](C)C4)nn23)cc1OC. The molecular formula is C25H31N5O5. The number of nitrogens with zero attached hydrogens (tertiary/aromatic N) is 5. The number of carbonyl (C=O) groups excluding carboxylic acids is 2. The zero-order valence-electron chi connectivity index (χ0n) is 20.9. The van der Waals surface area contributed by atoms with Gasteiger partial charge in [0.05, 0.1) is 19.9 Å². The molecule has 0 aliphatic carbocycles. The first-order chi connectivity index (χ1) is 16.6.